The maximum atomic E-state index is 12.0. The topological polar surface area (TPSA) is 64.6 Å². The fourth-order valence-corrected chi connectivity index (χ4v) is 2.57. The summed E-state index contributed by atoms with van der Waals surface area (Å²) >= 11 is 0. The Kier molecular flexibility index (Phi) is 8.52. The minimum absolute atomic E-state index is 0.00302. The van der Waals surface area contributed by atoms with Gasteiger partial charge in [-0.3, -0.25) is 9.59 Å². The number of Topliss-reactive ketones (excluding diaryl/α,β-unsaturated/α-hetero) is 1. The summed E-state index contributed by atoms with van der Waals surface area (Å²) in [5.74, 6) is 0.725. The molecule has 1 amide bonds. The van der Waals surface area contributed by atoms with E-state index in [1.807, 2.05) is 31.2 Å². The van der Waals surface area contributed by atoms with Crippen molar-refractivity contribution in [2.45, 2.75) is 39.8 Å². The Balaban J connectivity index is 1.68. The number of benzene rings is 2. The van der Waals surface area contributed by atoms with Crippen LogP contribution in [0.5, 0.6) is 5.75 Å². The molecule has 0 bridgehead atoms. The van der Waals surface area contributed by atoms with E-state index in [0.717, 1.165) is 11.1 Å². The second-order valence-corrected chi connectivity index (χ2v) is 6.22. The van der Waals surface area contributed by atoms with Gasteiger partial charge in [0.15, 0.2) is 5.78 Å². The van der Waals surface area contributed by atoms with Crippen LogP contribution in [0.3, 0.4) is 0 Å². The fraction of sp³-hybridized carbons (Fsp3) is 0.364. The number of ether oxygens (including phenoxy) is 2. The van der Waals surface area contributed by atoms with Gasteiger partial charge in [-0.25, -0.2) is 0 Å². The Hall–Kier alpha value is -2.66. The summed E-state index contributed by atoms with van der Waals surface area (Å²) in [7, 11) is 0. The van der Waals surface area contributed by atoms with Crippen LogP contribution in [0, 0.1) is 0 Å². The van der Waals surface area contributed by atoms with Crippen LogP contribution in [0.25, 0.3) is 0 Å². The van der Waals surface area contributed by atoms with E-state index in [1.54, 1.807) is 24.3 Å². The second kappa shape index (κ2) is 11.1. The highest BCUT2D eigenvalue weighted by atomic mass is 16.5. The summed E-state index contributed by atoms with van der Waals surface area (Å²) in [6.45, 7) is 5.66. The molecule has 5 heteroatoms. The van der Waals surface area contributed by atoms with E-state index >= 15 is 0 Å². The Labute approximate surface area is 160 Å². The maximum absolute atomic E-state index is 12.0. The number of carbonyl (C=O) groups excluding carboxylic acids is 2. The van der Waals surface area contributed by atoms with Crippen molar-refractivity contribution >= 4 is 11.7 Å². The molecule has 0 fully saturated rings. The van der Waals surface area contributed by atoms with Gasteiger partial charge in [0, 0.05) is 25.1 Å². The molecule has 0 aliphatic heterocycles. The van der Waals surface area contributed by atoms with Gasteiger partial charge in [-0.05, 0) is 55.7 Å². The highest BCUT2D eigenvalue weighted by Crippen LogP contribution is 2.13. The van der Waals surface area contributed by atoms with E-state index in [0.29, 0.717) is 50.5 Å². The number of hydrogen-bond donors (Lipinski definition) is 1. The Morgan fingerprint density at radius 3 is 2.37 bits per heavy atom. The third-order valence-electron chi connectivity index (χ3n) is 4.13. The largest absolute Gasteiger partial charge is 0.494 e. The van der Waals surface area contributed by atoms with Gasteiger partial charge in [0.05, 0.1) is 13.2 Å². The summed E-state index contributed by atoms with van der Waals surface area (Å²) in [5, 5.41) is 2.95. The van der Waals surface area contributed by atoms with E-state index in [4.69, 9.17) is 9.47 Å². The first-order valence-electron chi connectivity index (χ1n) is 9.25. The first kappa shape index (κ1) is 20.6. The van der Waals surface area contributed by atoms with Crippen molar-refractivity contribution in [3.05, 3.63) is 65.2 Å². The van der Waals surface area contributed by atoms with Crippen molar-refractivity contribution in [2.75, 3.05) is 13.2 Å². The lowest BCUT2D eigenvalue weighted by molar-refractivity contribution is -0.121. The zero-order chi connectivity index (χ0) is 19.5. The highest BCUT2D eigenvalue weighted by Gasteiger charge is 2.06. The molecule has 0 aromatic heterocycles. The molecule has 1 N–H and O–H groups in total. The number of rotatable bonds is 11. The van der Waals surface area contributed by atoms with Gasteiger partial charge in [0.1, 0.15) is 5.75 Å². The van der Waals surface area contributed by atoms with Crippen LogP contribution < -0.4 is 10.1 Å². The minimum Gasteiger partial charge on any atom is -0.494 e. The quantitative estimate of drug-likeness (QED) is 0.482. The van der Waals surface area contributed by atoms with Gasteiger partial charge >= 0.3 is 0 Å². The van der Waals surface area contributed by atoms with Crippen molar-refractivity contribution < 1.29 is 19.1 Å². The molecule has 0 saturated carbocycles. The highest BCUT2D eigenvalue weighted by molar-refractivity contribution is 5.94. The second-order valence-electron chi connectivity index (χ2n) is 6.22. The first-order chi connectivity index (χ1) is 13.1. The lowest BCUT2D eigenvalue weighted by Crippen LogP contribution is -2.23. The molecular formula is C22H27NO4. The number of carbonyl (C=O) groups is 2. The van der Waals surface area contributed by atoms with Crippen molar-refractivity contribution in [3.63, 3.8) is 0 Å². The van der Waals surface area contributed by atoms with Crippen LogP contribution in [0.1, 0.15) is 48.2 Å². The molecule has 27 heavy (non-hydrogen) atoms. The summed E-state index contributed by atoms with van der Waals surface area (Å²) in [5.41, 5.74) is 2.82. The SMILES string of the molecule is CCOCc1ccccc1CNC(=O)CCCOc1ccc(C(C)=O)cc1. The smallest absolute Gasteiger partial charge is 0.220 e. The zero-order valence-electron chi connectivity index (χ0n) is 16.0. The fourth-order valence-electron chi connectivity index (χ4n) is 2.57. The van der Waals surface area contributed by atoms with Gasteiger partial charge < -0.3 is 14.8 Å². The molecule has 0 saturated heterocycles. The summed E-state index contributed by atoms with van der Waals surface area (Å²) in [6.07, 6.45) is 1.03. The third-order valence-corrected chi connectivity index (χ3v) is 4.13. The molecule has 5 nitrogen and oxygen atoms in total. The van der Waals surface area contributed by atoms with Crippen LogP contribution in [0.15, 0.2) is 48.5 Å². The molecule has 0 heterocycles. The van der Waals surface area contributed by atoms with Crippen molar-refractivity contribution in [1.29, 1.82) is 0 Å². The summed E-state index contributed by atoms with van der Waals surface area (Å²) in [6, 6.07) is 15.0. The van der Waals surface area contributed by atoms with Crippen molar-refractivity contribution in [3.8, 4) is 5.75 Å². The molecule has 2 aromatic rings. The molecule has 2 rings (SSSR count). The van der Waals surface area contributed by atoms with E-state index in [9.17, 15) is 9.59 Å². The van der Waals surface area contributed by atoms with E-state index in [-0.39, 0.29) is 11.7 Å². The van der Waals surface area contributed by atoms with Gasteiger partial charge in [-0.15, -0.1) is 0 Å². The van der Waals surface area contributed by atoms with Crippen LogP contribution in [0.2, 0.25) is 0 Å². The zero-order valence-corrected chi connectivity index (χ0v) is 16.0. The van der Waals surface area contributed by atoms with Crippen LogP contribution in [-0.2, 0) is 22.7 Å². The van der Waals surface area contributed by atoms with Crippen LogP contribution in [-0.4, -0.2) is 24.9 Å². The third kappa shape index (κ3) is 7.23. The van der Waals surface area contributed by atoms with Gasteiger partial charge in [-0.1, -0.05) is 24.3 Å². The van der Waals surface area contributed by atoms with Crippen LogP contribution >= 0.6 is 0 Å². The molecule has 0 aliphatic carbocycles. The molecule has 0 atom stereocenters. The number of ketones is 1. The van der Waals surface area contributed by atoms with Gasteiger partial charge in [0.25, 0.3) is 0 Å². The van der Waals surface area contributed by atoms with Crippen molar-refractivity contribution in [2.24, 2.45) is 0 Å². The lowest BCUT2D eigenvalue weighted by Gasteiger charge is -2.11. The van der Waals surface area contributed by atoms with Crippen molar-refractivity contribution in [1.82, 2.24) is 5.32 Å². The molecular weight excluding hydrogens is 342 g/mol. The molecule has 0 radical (unpaired) electrons. The van der Waals surface area contributed by atoms with E-state index in [1.165, 1.54) is 6.92 Å². The predicted molar refractivity (Wildman–Crippen MR) is 105 cm³/mol. The normalized spacial score (nSPS) is 10.4. The standard InChI is InChI=1S/C22H27NO4/c1-3-26-16-20-8-5-4-7-19(20)15-23-22(25)9-6-14-27-21-12-10-18(11-13-21)17(2)24/h4-5,7-8,10-13H,3,6,9,14-16H2,1-2H3,(H,23,25). The predicted octanol–water partition coefficient (Wildman–Crippen LogP) is 3.90. The Bertz CT molecular complexity index is 740. The molecule has 0 unspecified atom stereocenters. The maximum Gasteiger partial charge on any atom is 0.220 e. The summed E-state index contributed by atoms with van der Waals surface area (Å²) < 4.78 is 11.1. The molecule has 2 aromatic carbocycles. The average Bonchev–Trinajstić information content (AvgIpc) is 2.69. The average molecular weight is 369 g/mol. The Morgan fingerprint density at radius 2 is 1.70 bits per heavy atom. The van der Waals surface area contributed by atoms with Crippen LogP contribution in [0.4, 0.5) is 0 Å². The minimum atomic E-state index is -0.00302. The molecule has 0 aliphatic rings. The van der Waals surface area contributed by atoms with Gasteiger partial charge in [-0.2, -0.15) is 0 Å². The van der Waals surface area contributed by atoms with E-state index in [2.05, 4.69) is 5.32 Å². The Morgan fingerprint density at radius 1 is 1.00 bits per heavy atom. The van der Waals surface area contributed by atoms with Gasteiger partial charge in [0.2, 0.25) is 5.91 Å². The lowest BCUT2D eigenvalue weighted by atomic mass is 10.1. The monoisotopic (exact) mass is 369 g/mol. The first-order valence-corrected chi connectivity index (χ1v) is 9.25. The number of amides is 1. The molecule has 0 spiro atoms. The van der Waals surface area contributed by atoms with E-state index < -0.39 is 0 Å². The number of hydrogen-bond acceptors (Lipinski definition) is 4. The molecule has 144 valence electrons. The number of nitrogens with one attached hydrogen (secondary N) is 1. The summed E-state index contributed by atoms with van der Waals surface area (Å²) in [4.78, 5) is 23.3.